The summed E-state index contributed by atoms with van der Waals surface area (Å²) in [6.07, 6.45) is 11.4. The third kappa shape index (κ3) is 11.1. The number of unbranched alkanes of at least 4 members (excludes halogenated alkanes) is 3. The summed E-state index contributed by atoms with van der Waals surface area (Å²) in [6, 6.07) is 13.2. The van der Waals surface area contributed by atoms with Crippen LogP contribution in [0.5, 0.6) is 5.75 Å². The number of hydrogen-bond donors (Lipinski definition) is 3. The number of nitriles is 1. The fraction of sp³-hybridized carbons (Fsp3) is 0.423. The zero-order chi connectivity index (χ0) is 49.8. The van der Waals surface area contributed by atoms with Crippen LogP contribution in [0, 0.1) is 30.1 Å². The van der Waals surface area contributed by atoms with Gasteiger partial charge < -0.3 is 34.6 Å². The van der Waals surface area contributed by atoms with Gasteiger partial charge in [-0.15, -0.1) is 0 Å². The number of anilines is 5. The number of amides is 3. The smallest absolute Gasteiger partial charge is 0.255 e. The van der Waals surface area contributed by atoms with Crippen molar-refractivity contribution in [3.63, 3.8) is 0 Å². The Morgan fingerprint density at radius 1 is 0.930 bits per heavy atom. The molecule has 3 fully saturated rings. The minimum Gasteiger partial charge on any atom is -0.494 e. The topological polar surface area (TPSA) is 202 Å². The Balaban J connectivity index is 0.726. The molecule has 3 saturated heterocycles. The van der Waals surface area contributed by atoms with Gasteiger partial charge in [0.1, 0.15) is 30.3 Å². The molecule has 1 atom stereocenters. The Morgan fingerprint density at radius 2 is 1.72 bits per heavy atom. The number of imide groups is 1. The lowest BCUT2D eigenvalue weighted by Crippen LogP contribution is -2.53. The molecule has 0 saturated carbocycles. The summed E-state index contributed by atoms with van der Waals surface area (Å²) in [5.74, 6) is 6.98. The van der Waals surface area contributed by atoms with Crippen molar-refractivity contribution in [3.05, 3.63) is 87.3 Å². The summed E-state index contributed by atoms with van der Waals surface area (Å²) >= 11 is 3.59. The summed E-state index contributed by atoms with van der Waals surface area (Å²) in [6.45, 7) is 13.1. The van der Waals surface area contributed by atoms with Gasteiger partial charge in [0.25, 0.3) is 5.91 Å². The molecule has 17 nitrogen and oxygen atoms in total. The number of nitrogens with one attached hydrogen (secondary N) is 3. The molecular formula is C52H58BrN12O5P. The van der Waals surface area contributed by atoms with Gasteiger partial charge in [0.2, 0.25) is 17.8 Å². The van der Waals surface area contributed by atoms with Crippen LogP contribution in [0.1, 0.15) is 84.0 Å². The van der Waals surface area contributed by atoms with E-state index >= 15 is 0 Å². The van der Waals surface area contributed by atoms with Crippen molar-refractivity contribution in [3.8, 4) is 23.7 Å². The van der Waals surface area contributed by atoms with Gasteiger partial charge in [-0.05, 0) is 116 Å². The molecule has 19 heteroatoms. The molecule has 368 valence electrons. The highest BCUT2D eigenvalue weighted by Gasteiger charge is 2.40. The predicted octanol–water partition coefficient (Wildman–Crippen LogP) is 7.07. The predicted molar refractivity (Wildman–Crippen MR) is 278 cm³/mol. The highest BCUT2D eigenvalue weighted by Crippen LogP contribution is 2.42. The molecule has 0 aliphatic carbocycles. The standard InChI is InChI=1S/C52H58BrN12O5P/c1-33-26-42(59-52-57-31-39(53)49(61-52)58-41-12-11-40-47(56-18-17-55-40)48(41)71(3,4)69)45(70-2)29-44(33)64-20-15-36(16-21-64)63-24-22-62(23-25-63)19-9-7-5-6-8-10-35-27-34(30-54)28-37-38(35)32-65(51(37)68)43-13-14-46(66)60-50(43)67/h11-12,17-18,26-29,31,36,43H,5-7,9,13-16,19-25,32H2,1-4H3,(H,60,66,67)(H2,57,58,59,61). The maximum absolute atomic E-state index is 13.5. The molecule has 3 aromatic carbocycles. The molecule has 3 N–H and O–H groups in total. The Labute approximate surface area is 422 Å². The van der Waals surface area contributed by atoms with Crippen molar-refractivity contribution >= 4 is 86.0 Å². The largest absolute Gasteiger partial charge is 0.494 e. The summed E-state index contributed by atoms with van der Waals surface area (Å²) in [5, 5.41) is 19.3. The van der Waals surface area contributed by atoms with Gasteiger partial charge in [-0.1, -0.05) is 18.3 Å². The number of halogens is 1. The average molecular weight is 1040 g/mol. The minimum atomic E-state index is -2.78. The lowest BCUT2D eigenvalue weighted by Gasteiger charge is -2.43. The van der Waals surface area contributed by atoms with Crippen molar-refractivity contribution in [2.24, 2.45) is 0 Å². The molecule has 2 aromatic heterocycles. The summed E-state index contributed by atoms with van der Waals surface area (Å²) in [4.78, 5) is 65.0. The summed E-state index contributed by atoms with van der Waals surface area (Å²) in [7, 11) is -1.10. The van der Waals surface area contributed by atoms with Crippen molar-refractivity contribution in [2.45, 2.75) is 76.9 Å². The fourth-order valence-corrected chi connectivity index (χ4v) is 11.9. The first-order chi connectivity index (χ1) is 34.3. The second-order valence-electron chi connectivity index (χ2n) is 19.0. The molecular weight excluding hydrogens is 984 g/mol. The van der Waals surface area contributed by atoms with Crippen LogP contribution in [-0.2, 0) is 20.7 Å². The Hall–Kier alpha value is -6.43. The van der Waals surface area contributed by atoms with E-state index in [1.54, 1.807) is 51.2 Å². The van der Waals surface area contributed by atoms with E-state index in [1.807, 2.05) is 12.1 Å². The van der Waals surface area contributed by atoms with Crippen LogP contribution in [0.2, 0.25) is 0 Å². The first-order valence-electron chi connectivity index (χ1n) is 24.2. The highest BCUT2D eigenvalue weighted by molar-refractivity contribution is 9.10. The monoisotopic (exact) mass is 1040 g/mol. The average Bonchev–Trinajstić information content (AvgIpc) is 3.69. The second-order valence-corrected chi connectivity index (χ2v) is 23.0. The van der Waals surface area contributed by atoms with Crippen molar-refractivity contribution in [2.75, 3.05) is 81.8 Å². The van der Waals surface area contributed by atoms with Gasteiger partial charge in [-0.25, -0.2) is 4.98 Å². The van der Waals surface area contributed by atoms with Crippen LogP contribution in [0.25, 0.3) is 11.0 Å². The zero-order valence-electron chi connectivity index (χ0n) is 40.6. The van der Waals surface area contributed by atoms with E-state index < -0.39 is 19.1 Å². The molecule has 0 bridgehead atoms. The van der Waals surface area contributed by atoms with Crippen LogP contribution in [0.15, 0.2) is 59.5 Å². The van der Waals surface area contributed by atoms with Crippen LogP contribution in [0.3, 0.4) is 0 Å². The van der Waals surface area contributed by atoms with E-state index in [4.69, 9.17) is 9.72 Å². The first-order valence-corrected chi connectivity index (χ1v) is 27.6. The van der Waals surface area contributed by atoms with E-state index in [0.717, 1.165) is 100 Å². The van der Waals surface area contributed by atoms with Crippen molar-refractivity contribution in [1.29, 1.82) is 5.26 Å². The number of hydrogen-bond acceptors (Lipinski definition) is 15. The van der Waals surface area contributed by atoms with Crippen LogP contribution in [0.4, 0.5) is 28.8 Å². The molecule has 6 heterocycles. The molecule has 4 aliphatic heterocycles. The number of nitrogens with zero attached hydrogens (tertiary/aromatic N) is 9. The summed E-state index contributed by atoms with van der Waals surface area (Å²) in [5.41, 5.74) is 7.10. The van der Waals surface area contributed by atoms with Crippen LogP contribution >= 0.6 is 23.1 Å². The Morgan fingerprint density at radius 3 is 2.46 bits per heavy atom. The number of benzene rings is 3. The third-order valence-electron chi connectivity index (χ3n) is 13.9. The van der Waals surface area contributed by atoms with Gasteiger partial charge in [-0.2, -0.15) is 10.2 Å². The van der Waals surface area contributed by atoms with Gasteiger partial charge in [-0.3, -0.25) is 34.6 Å². The fourth-order valence-electron chi connectivity index (χ4n) is 10.3. The second kappa shape index (κ2) is 21.5. The van der Waals surface area contributed by atoms with Crippen molar-refractivity contribution < 1.29 is 23.7 Å². The highest BCUT2D eigenvalue weighted by atomic mass is 79.9. The molecule has 0 spiro atoms. The van der Waals surface area contributed by atoms with Crippen LogP contribution in [-0.4, -0.2) is 131 Å². The lowest BCUT2D eigenvalue weighted by molar-refractivity contribution is -0.136. The number of carbonyl (C=O) groups excluding carboxylic acids is 3. The van der Waals surface area contributed by atoms with Gasteiger partial charge in [0.15, 0.2) is 0 Å². The molecule has 71 heavy (non-hydrogen) atoms. The molecule has 9 rings (SSSR count). The Bertz CT molecular complexity index is 3040. The number of ether oxygens (including phenoxy) is 1. The first kappa shape index (κ1) is 49.5. The molecule has 1 unspecified atom stereocenters. The van der Waals surface area contributed by atoms with E-state index in [0.29, 0.717) is 73.2 Å². The van der Waals surface area contributed by atoms with Gasteiger partial charge >= 0.3 is 0 Å². The minimum absolute atomic E-state index is 0.186. The normalized spacial score (nSPS) is 17.9. The molecule has 3 amide bonds. The van der Waals surface area contributed by atoms with E-state index in [2.05, 4.69) is 98.5 Å². The number of aromatic nitrogens is 4. The maximum atomic E-state index is 13.5. The number of piperidine rings is 2. The summed E-state index contributed by atoms with van der Waals surface area (Å²) < 4.78 is 20.1. The molecule has 5 aromatic rings. The molecule has 4 aliphatic rings. The number of rotatable bonds is 14. The van der Waals surface area contributed by atoms with E-state index in [9.17, 15) is 24.2 Å². The number of methoxy groups -OCH3 is 1. The van der Waals surface area contributed by atoms with Gasteiger partial charge in [0, 0.05) is 106 Å². The number of aryl methyl sites for hydroxylation is 1. The SMILES string of the molecule is COc1cc(N2CCC(N3CCN(CCCCCC#Cc4cc(C#N)cc5c4CN(C4CCC(=O)NC4=O)C5=O)CC3)CC2)c(C)cc1Nc1ncc(Br)c(Nc2ccc3nccnc3c2P(C)(C)=O)n1. The van der Waals surface area contributed by atoms with E-state index in [-0.39, 0.29) is 31.2 Å². The number of carbonyl (C=O) groups is 3. The zero-order valence-corrected chi connectivity index (χ0v) is 43.0. The molecule has 0 radical (unpaired) electrons. The number of piperazine rings is 1. The lowest BCUT2D eigenvalue weighted by atomic mass is 10.00. The maximum Gasteiger partial charge on any atom is 0.255 e. The van der Waals surface area contributed by atoms with Gasteiger partial charge in [0.05, 0.1) is 45.4 Å². The van der Waals surface area contributed by atoms with Crippen LogP contribution < -0.4 is 30.9 Å². The number of fused-ring (bicyclic) bond motifs is 2. The third-order valence-corrected chi connectivity index (χ3v) is 16.0. The van der Waals surface area contributed by atoms with E-state index in [1.165, 1.54) is 4.90 Å². The Kier molecular flexibility index (Phi) is 15.0. The quantitative estimate of drug-likeness (QED) is 0.0441. The van der Waals surface area contributed by atoms with Crippen molar-refractivity contribution in [1.82, 2.24) is 40.0 Å².